The van der Waals surface area contributed by atoms with Crippen LogP contribution in [0.25, 0.3) is 0 Å². The fraction of sp³-hybridized carbons (Fsp3) is 0.0769. The van der Waals surface area contributed by atoms with Crippen molar-refractivity contribution in [1.29, 1.82) is 0 Å². The average Bonchev–Trinajstić information content (AvgIpc) is 2.38. The normalized spacial score (nSPS) is 11.4. The van der Waals surface area contributed by atoms with Gasteiger partial charge in [-0.3, -0.25) is 9.78 Å². The van der Waals surface area contributed by atoms with Crippen LogP contribution >= 0.6 is 0 Å². The molecule has 98 valence electrons. The van der Waals surface area contributed by atoms with Gasteiger partial charge in [0.2, 0.25) is 0 Å². The maximum Gasteiger partial charge on any atom is 0.419 e. The SMILES string of the molecule is O=C(c1ccncc1)c1cccc(C(F)(F)F)c1F. The van der Waals surface area contributed by atoms with Crippen LogP contribution in [0, 0.1) is 5.82 Å². The Kier molecular flexibility index (Phi) is 3.33. The molecule has 0 spiro atoms. The van der Waals surface area contributed by atoms with Crippen LogP contribution in [0.2, 0.25) is 0 Å². The fourth-order valence-corrected chi connectivity index (χ4v) is 1.59. The Hall–Kier alpha value is -2.24. The minimum atomic E-state index is -4.83. The molecule has 2 aromatic rings. The van der Waals surface area contributed by atoms with Crippen molar-refractivity contribution < 1.29 is 22.4 Å². The summed E-state index contributed by atoms with van der Waals surface area (Å²) in [6, 6.07) is 5.23. The third-order valence-corrected chi connectivity index (χ3v) is 2.49. The zero-order valence-electron chi connectivity index (χ0n) is 9.41. The molecule has 0 amide bonds. The molecule has 0 aliphatic carbocycles. The van der Waals surface area contributed by atoms with Crippen LogP contribution in [0.3, 0.4) is 0 Å². The van der Waals surface area contributed by atoms with E-state index in [1.54, 1.807) is 0 Å². The molecule has 0 radical (unpaired) electrons. The lowest BCUT2D eigenvalue weighted by Crippen LogP contribution is -2.13. The number of benzene rings is 1. The summed E-state index contributed by atoms with van der Waals surface area (Å²) >= 11 is 0. The number of pyridine rings is 1. The minimum absolute atomic E-state index is 0.0771. The summed E-state index contributed by atoms with van der Waals surface area (Å²) in [4.78, 5) is 15.6. The van der Waals surface area contributed by atoms with Gasteiger partial charge < -0.3 is 0 Å². The van der Waals surface area contributed by atoms with Gasteiger partial charge in [0.25, 0.3) is 0 Å². The van der Waals surface area contributed by atoms with Crippen molar-refractivity contribution in [2.24, 2.45) is 0 Å². The van der Waals surface area contributed by atoms with E-state index in [0.717, 1.165) is 12.1 Å². The highest BCUT2D eigenvalue weighted by Crippen LogP contribution is 2.32. The quantitative estimate of drug-likeness (QED) is 0.617. The molecule has 0 saturated heterocycles. The Labute approximate surface area is 105 Å². The standard InChI is InChI=1S/C13H7F4NO/c14-11-9(2-1-3-10(11)13(15,16)17)12(19)8-4-6-18-7-5-8/h1-7H. The van der Waals surface area contributed by atoms with E-state index < -0.39 is 28.9 Å². The molecule has 19 heavy (non-hydrogen) atoms. The molecule has 1 heterocycles. The van der Waals surface area contributed by atoms with E-state index in [9.17, 15) is 22.4 Å². The van der Waals surface area contributed by atoms with Gasteiger partial charge in [0.15, 0.2) is 5.78 Å². The molecule has 0 N–H and O–H groups in total. The smallest absolute Gasteiger partial charge is 0.288 e. The number of ketones is 1. The van der Waals surface area contributed by atoms with Gasteiger partial charge >= 0.3 is 6.18 Å². The van der Waals surface area contributed by atoms with E-state index in [-0.39, 0.29) is 5.56 Å². The number of hydrogen-bond acceptors (Lipinski definition) is 2. The Morgan fingerprint density at radius 1 is 1.05 bits per heavy atom. The van der Waals surface area contributed by atoms with Crippen molar-refractivity contribution >= 4 is 5.78 Å². The Morgan fingerprint density at radius 2 is 1.68 bits per heavy atom. The van der Waals surface area contributed by atoms with E-state index in [4.69, 9.17) is 0 Å². The van der Waals surface area contributed by atoms with Crippen molar-refractivity contribution in [2.45, 2.75) is 6.18 Å². The Bertz CT molecular complexity index is 608. The molecule has 1 aromatic carbocycles. The zero-order valence-corrected chi connectivity index (χ0v) is 9.41. The highest BCUT2D eigenvalue weighted by Gasteiger charge is 2.35. The molecule has 0 aliphatic heterocycles. The van der Waals surface area contributed by atoms with Crippen LogP contribution in [0.4, 0.5) is 17.6 Å². The van der Waals surface area contributed by atoms with Crippen LogP contribution in [-0.4, -0.2) is 10.8 Å². The molecule has 0 atom stereocenters. The van der Waals surface area contributed by atoms with Crippen LogP contribution in [0.15, 0.2) is 42.7 Å². The predicted octanol–water partition coefficient (Wildman–Crippen LogP) is 3.47. The van der Waals surface area contributed by atoms with Gasteiger partial charge in [-0.25, -0.2) is 4.39 Å². The first kappa shape index (κ1) is 13.2. The first-order valence-electron chi connectivity index (χ1n) is 5.21. The maximum absolute atomic E-state index is 13.7. The summed E-state index contributed by atoms with van der Waals surface area (Å²) in [7, 11) is 0. The van der Waals surface area contributed by atoms with Crippen molar-refractivity contribution in [3.63, 3.8) is 0 Å². The molecule has 0 aliphatic rings. The van der Waals surface area contributed by atoms with Crippen LogP contribution in [0.5, 0.6) is 0 Å². The largest absolute Gasteiger partial charge is 0.419 e. The number of nitrogens with zero attached hydrogens (tertiary/aromatic N) is 1. The number of alkyl halides is 3. The van der Waals surface area contributed by atoms with E-state index in [1.165, 1.54) is 24.5 Å². The number of halogens is 4. The van der Waals surface area contributed by atoms with Gasteiger partial charge in [0, 0.05) is 18.0 Å². The number of carbonyl (C=O) groups excluding carboxylic acids is 1. The van der Waals surface area contributed by atoms with Crippen molar-refractivity contribution in [1.82, 2.24) is 4.98 Å². The molecule has 0 saturated carbocycles. The number of rotatable bonds is 2. The van der Waals surface area contributed by atoms with Crippen LogP contribution in [-0.2, 0) is 6.18 Å². The summed E-state index contributed by atoms with van der Waals surface area (Å²) in [5.74, 6) is -2.37. The molecule has 0 fully saturated rings. The molecule has 6 heteroatoms. The summed E-state index contributed by atoms with van der Waals surface area (Å²) < 4.78 is 51.3. The minimum Gasteiger partial charge on any atom is -0.288 e. The van der Waals surface area contributed by atoms with Crippen molar-refractivity contribution in [3.05, 3.63) is 65.2 Å². The van der Waals surface area contributed by atoms with Gasteiger partial charge in [0.1, 0.15) is 5.82 Å². The van der Waals surface area contributed by atoms with Gasteiger partial charge in [0.05, 0.1) is 11.1 Å². The first-order chi connectivity index (χ1) is 8.91. The Balaban J connectivity index is 2.50. The zero-order chi connectivity index (χ0) is 14.0. The molecule has 2 nitrogen and oxygen atoms in total. The van der Waals surface area contributed by atoms with Crippen molar-refractivity contribution in [2.75, 3.05) is 0 Å². The summed E-state index contributed by atoms with van der Waals surface area (Å²) in [6.07, 6.45) is -2.23. The monoisotopic (exact) mass is 269 g/mol. The lowest BCUT2D eigenvalue weighted by Gasteiger charge is -2.10. The van der Waals surface area contributed by atoms with Gasteiger partial charge in [-0.05, 0) is 24.3 Å². The second-order valence-corrected chi connectivity index (χ2v) is 3.73. The summed E-state index contributed by atoms with van der Waals surface area (Å²) in [5, 5.41) is 0. The highest BCUT2D eigenvalue weighted by atomic mass is 19.4. The third-order valence-electron chi connectivity index (χ3n) is 2.49. The topological polar surface area (TPSA) is 30.0 Å². The molecule has 1 aromatic heterocycles. The number of carbonyl (C=O) groups is 1. The van der Waals surface area contributed by atoms with E-state index in [0.29, 0.717) is 6.07 Å². The number of aromatic nitrogens is 1. The maximum atomic E-state index is 13.7. The average molecular weight is 269 g/mol. The first-order valence-corrected chi connectivity index (χ1v) is 5.21. The third kappa shape index (κ3) is 2.62. The van der Waals surface area contributed by atoms with Crippen molar-refractivity contribution in [3.8, 4) is 0 Å². The van der Waals surface area contributed by atoms with Gasteiger partial charge in [-0.2, -0.15) is 13.2 Å². The van der Waals surface area contributed by atoms with E-state index >= 15 is 0 Å². The fourth-order valence-electron chi connectivity index (χ4n) is 1.59. The molecule has 0 bridgehead atoms. The molecular formula is C13H7F4NO. The summed E-state index contributed by atoms with van der Waals surface area (Å²) in [5.41, 5.74) is -1.98. The van der Waals surface area contributed by atoms with Crippen LogP contribution in [0.1, 0.15) is 21.5 Å². The predicted molar refractivity (Wildman–Crippen MR) is 59.1 cm³/mol. The Morgan fingerprint density at radius 3 is 2.26 bits per heavy atom. The van der Waals surface area contributed by atoms with Crippen LogP contribution < -0.4 is 0 Å². The van der Waals surface area contributed by atoms with Gasteiger partial charge in [-0.15, -0.1) is 0 Å². The second-order valence-electron chi connectivity index (χ2n) is 3.73. The van der Waals surface area contributed by atoms with Gasteiger partial charge in [-0.1, -0.05) is 6.07 Å². The molecular weight excluding hydrogens is 262 g/mol. The second kappa shape index (κ2) is 4.79. The van der Waals surface area contributed by atoms with E-state index in [2.05, 4.69) is 4.98 Å². The number of hydrogen-bond donors (Lipinski definition) is 0. The lowest BCUT2D eigenvalue weighted by molar-refractivity contribution is -0.140. The highest BCUT2D eigenvalue weighted by molar-refractivity contribution is 6.09. The van der Waals surface area contributed by atoms with E-state index in [1.807, 2.05) is 0 Å². The lowest BCUT2D eigenvalue weighted by atomic mass is 10.0. The summed E-state index contributed by atoms with van der Waals surface area (Å²) in [6.45, 7) is 0. The molecule has 0 unspecified atom stereocenters. The molecule has 2 rings (SSSR count).